The zero-order valence-electron chi connectivity index (χ0n) is 16.2. The van der Waals surface area contributed by atoms with Crippen LogP contribution in [0.4, 0.5) is 5.69 Å². The number of ether oxygens (including phenoxy) is 1. The molecule has 7 heteroatoms. The Morgan fingerprint density at radius 1 is 1.03 bits per heavy atom. The van der Waals surface area contributed by atoms with Crippen LogP contribution in [0, 0.1) is 6.92 Å². The number of anilines is 1. The SMILES string of the molecule is Cc1ccccc1NC(=O)COC(=O)c1cn(-c2ccccc2)nc1-c1cccs1. The molecule has 0 saturated heterocycles. The van der Waals surface area contributed by atoms with Crippen molar-refractivity contribution in [2.24, 2.45) is 0 Å². The lowest BCUT2D eigenvalue weighted by Crippen LogP contribution is -2.21. The van der Waals surface area contributed by atoms with Gasteiger partial charge in [0.25, 0.3) is 5.91 Å². The maximum atomic E-state index is 12.8. The van der Waals surface area contributed by atoms with E-state index in [-0.39, 0.29) is 6.61 Å². The maximum Gasteiger partial charge on any atom is 0.342 e. The van der Waals surface area contributed by atoms with Crippen LogP contribution in [0.3, 0.4) is 0 Å². The zero-order chi connectivity index (χ0) is 20.9. The van der Waals surface area contributed by atoms with Gasteiger partial charge in [-0.2, -0.15) is 5.10 Å². The first-order chi connectivity index (χ1) is 14.6. The van der Waals surface area contributed by atoms with Gasteiger partial charge in [-0.25, -0.2) is 9.48 Å². The van der Waals surface area contributed by atoms with Gasteiger partial charge >= 0.3 is 5.97 Å². The first-order valence-corrected chi connectivity index (χ1v) is 10.2. The van der Waals surface area contributed by atoms with Crippen LogP contribution in [0.5, 0.6) is 0 Å². The summed E-state index contributed by atoms with van der Waals surface area (Å²) >= 11 is 1.48. The average molecular weight is 417 g/mol. The summed E-state index contributed by atoms with van der Waals surface area (Å²) < 4.78 is 6.93. The van der Waals surface area contributed by atoms with E-state index in [2.05, 4.69) is 10.4 Å². The normalized spacial score (nSPS) is 10.6. The molecule has 0 aliphatic heterocycles. The van der Waals surface area contributed by atoms with Crippen LogP contribution in [0.2, 0.25) is 0 Å². The lowest BCUT2D eigenvalue weighted by atomic mass is 10.2. The molecule has 0 aliphatic rings. The number of nitrogens with one attached hydrogen (secondary N) is 1. The topological polar surface area (TPSA) is 73.2 Å². The molecule has 0 spiro atoms. The van der Waals surface area contributed by atoms with Gasteiger partial charge in [0.15, 0.2) is 6.61 Å². The lowest BCUT2D eigenvalue weighted by Gasteiger charge is -2.08. The largest absolute Gasteiger partial charge is 0.452 e. The molecule has 4 rings (SSSR count). The average Bonchev–Trinajstić information content (AvgIpc) is 3.44. The van der Waals surface area contributed by atoms with E-state index in [1.54, 1.807) is 16.9 Å². The predicted octanol–water partition coefficient (Wildman–Crippen LogP) is 4.70. The summed E-state index contributed by atoms with van der Waals surface area (Å²) in [4.78, 5) is 25.9. The molecule has 4 aromatic rings. The van der Waals surface area contributed by atoms with Gasteiger partial charge in [0.2, 0.25) is 0 Å². The Morgan fingerprint density at radius 3 is 2.53 bits per heavy atom. The van der Waals surface area contributed by atoms with E-state index in [1.807, 2.05) is 73.0 Å². The van der Waals surface area contributed by atoms with Crippen LogP contribution in [-0.4, -0.2) is 28.3 Å². The van der Waals surface area contributed by atoms with Crippen molar-refractivity contribution >= 4 is 28.9 Å². The Bertz CT molecular complexity index is 1170. The van der Waals surface area contributed by atoms with Gasteiger partial charge in [-0.05, 0) is 42.1 Å². The number of carbonyl (C=O) groups excluding carboxylic acids is 2. The lowest BCUT2D eigenvalue weighted by molar-refractivity contribution is -0.119. The highest BCUT2D eigenvalue weighted by Crippen LogP contribution is 2.28. The highest BCUT2D eigenvalue weighted by molar-refractivity contribution is 7.13. The minimum absolute atomic E-state index is 0.310. The van der Waals surface area contributed by atoms with E-state index in [0.717, 1.165) is 16.1 Å². The molecule has 0 radical (unpaired) electrons. The molecular weight excluding hydrogens is 398 g/mol. The number of thiophene rings is 1. The number of hydrogen-bond acceptors (Lipinski definition) is 5. The minimum atomic E-state index is -0.597. The second-order valence-electron chi connectivity index (χ2n) is 6.59. The molecule has 0 unspecified atom stereocenters. The smallest absolute Gasteiger partial charge is 0.342 e. The van der Waals surface area contributed by atoms with Crippen molar-refractivity contribution in [3.63, 3.8) is 0 Å². The number of benzene rings is 2. The Kier molecular flexibility index (Phi) is 5.72. The quantitative estimate of drug-likeness (QED) is 0.461. The molecule has 1 N–H and O–H groups in total. The molecule has 2 heterocycles. The highest BCUT2D eigenvalue weighted by Gasteiger charge is 2.21. The fourth-order valence-electron chi connectivity index (χ4n) is 2.94. The van der Waals surface area contributed by atoms with Crippen molar-refractivity contribution in [3.05, 3.63) is 89.4 Å². The third kappa shape index (κ3) is 4.31. The first kappa shape index (κ1) is 19.6. The third-order valence-corrected chi connectivity index (χ3v) is 5.34. The summed E-state index contributed by atoms with van der Waals surface area (Å²) in [6.07, 6.45) is 1.63. The van der Waals surface area contributed by atoms with E-state index >= 15 is 0 Å². The molecule has 1 amide bonds. The van der Waals surface area contributed by atoms with E-state index in [1.165, 1.54) is 11.3 Å². The van der Waals surface area contributed by atoms with Crippen molar-refractivity contribution in [2.45, 2.75) is 6.92 Å². The molecule has 0 saturated carbocycles. The number of nitrogens with zero attached hydrogens (tertiary/aromatic N) is 2. The predicted molar refractivity (Wildman–Crippen MR) is 117 cm³/mol. The Labute approximate surface area is 177 Å². The van der Waals surface area contributed by atoms with E-state index < -0.39 is 11.9 Å². The molecule has 30 heavy (non-hydrogen) atoms. The fraction of sp³-hybridized carbons (Fsp3) is 0.0870. The number of amides is 1. The first-order valence-electron chi connectivity index (χ1n) is 9.33. The summed E-state index contributed by atoms with van der Waals surface area (Å²) in [5, 5.41) is 9.25. The van der Waals surface area contributed by atoms with Crippen LogP contribution >= 0.6 is 11.3 Å². The summed E-state index contributed by atoms with van der Waals surface area (Å²) in [6.45, 7) is 1.51. The zero-order valence-corrected chi connectivity index (χ0v) is 17.1. The van der Waals surface area contributed by atoms with Gasteiger partial charge in [-0.3, -0.25) is 4.79 Å². The van der Waals surface area contributed by atoms with Crippen LogP contribution in [0.1, 0.15) is 15.9 Å². The Morgan fingerprint density at radius 2 is 1.80 bits per heavy atom. The number of carbonyl (C=O) groups is 2. The Hall–Kier alpha value is -3.71. The van der Waals surface area contributed by atoms with E-state index in [0.29, 0.717) is 16.9 Å². The number of aryl methyl sites for hydroxylation is 1. The van der Waals surface area contributed by atoms with E-state index in [9.17, 15) is 9.59 Å². The van der Waals surface area contributed by atoms with Crippen LogP contribution < -0.4 is 5.32 Å². The number of aromatic nitrogens is 2. The second kappa shape index (κ2) is 8.75. The molecule has 0 fully saturated rings. The van der Waals surface area contributed by atoms with Crippen LogP contribution in [-0.2, 0) is 9.53 Å². The highest BCUT2D eigenvalue weighted by atomic mass is 32.1. The van der Waals surface area contributed by atoms with Gasteiger partial charge in [0.1, 0.15) is 11.3 Å². The molecule has 0 bridgehead atoms. The van der Waals surface area contributed by atoms with Crippen LogP contribution in [0.25, 0.3) is 16.3 Å². The number of esters is 1. The van der Waals surface area contributed by atoms with Crippen molar-refractivity contribution < 1.29 is 14.3 Å². The molecule has 2 aromatic heterocycles. The second-order valence-corrected chi connectivity index (χ2v) is 7.54. The van der Waals surface area contributed by atoms with Gasteiger partial charge in [-0.15, -0.1) is 11.3 Å². The molecule has 150 valence electrons. The maximum absolute atomic E-state index is 12.8. The van der Waals surface area contributed by atoms with Gasteiger partial charge < -0.3 is 10.1 Å². The molecular formula is C23H19N3O3S. The van der Waals surface area contributed by atoms with Crippen molar-refractivity contribution in [1.82, 2.24) is 9.78 Å². The molecule has 6 nitrogen and oxygen atoms in total. The van der Waals surface area contributed by atoms with Crippen LogP contribution in [0.15, 0.2) is 78.3 Å². The number of para-hydroxylation sites is 2. The summed E-state index contributed by atoms with van der Waals surface area (Å²) in [7, 11) is 0. The molecule has 0 atom stereocenters. The van der Waals surface area contributed by atoms with Crippen molar-refractivity contribution in [2.75, 3.05) is 11.9 Å². The van der Waals surface area contributed by atoms with Crippen molar-refractivity contribution in [3.8, 4) is 16.3 Å². The van der Waals surface area contributed by atoms with Gasteiger partial charge in [0, 0.05) is 11.9 Å². The third-order valence-electron chi connectivity index (χ3n) is 4.46. The molecule has 2 aromatic carbocycles. The standard InChI is InChI=1S/C23H19N3O3S/c1-16-8-5-6-11-19(16)24-21(27)15-29-23(28)18-14-26(17-9-3-2-4-10-17)25-22(18)20-12-7-13-30-20/h2-14H,15H2,1H3,(H,24,27). The summed E-state index contributed by atoms with van der Waals surface area (Å²) in [5.41, 5.74) is 3.28. The summed E-state index contributed by atoms with van der Waals surface area (Å²) in [5.74, 6) is -0.994. The summed E-state index contributed by atoms with van der Waals surface area (Å²) in [6, 6.07) is 20.7. The molecule has 0 aliphatic carbocycles. The monoisotopic (exact) mass is 417 g/mol. The van der Waals surface area contributed by atoms with Gasteiger partial charge in [0.05, 0.1) is 10.6 Å². The number of hydrogen-bond donors (Lipinski definition) is 1. The Balaban J connectivity index is 1.52. The number of rotatable bonds is 6. The fourth-order valence-corrected chi connectivity index (χ4v) is 3.66. The van der Waals surface area contributed by atoms with E-state index in [4.69, 9.17) is 4.74 Å². The minimum Gasteiger partial charge on any atom is -0.452 e. The van der Waals surface area contributed by atoms with Gasteiger partial charge in [-0.1, -0.05) is 42.5 Å². The van der Waals surface area contributed by atoms with Crippen molar-refractivity contribution in [1.29, 1.82) is 0 Å².